The van der Waals surface area contributed by atoms with E-state index >= 15 is 0 Å². The van der Waals surface area contributed by atoms with E-state index in [2.05, 4.69) is 0 Å². The van der Waals surface area contributed by atoms with Crippen molar-refractivity contribution in [3.63, 3.8) is 0 Å². The van der Waals surface area contributed by atoms with Gasteiger partial charge in [-0.3, -0.25) is 4.79 Å². The summed E-state index contributed by atoms with van der Waals surface area (Å²) in [7, 11) is 0. The van der Waals surface area contributed by atoms with E-state index in [9.17, 15) is 14.4 Å². The highest BCUT2D eigenvalue weighted by Gasteiger charge is 2.15. The number of nitriles is 1. The molecule has 0 amide bonds. The number of halogens is 2. The van der Waals surface area contributed by atoms with Crippen molar-refractivity contribution in [3.05, 3.63) is 93.5 Å². The lowest BCUT2D eigenvalue weighted by Gasteiger charge is -2.10. The summed E-state index contributed by atoms with van der Waals surface area (Å²) in [6.45, 7) is 3.77. The average molecular weight is 379 g/mol. The van der Waals surface area contributed by atoms with Crippen LogP contribution in [-0.4, -0.2) is 10.4 Å². The topological polar surface area (TPSA) is 45.8 Å². The lowest BCUT2D eigenvalue weighted by molar-refractivity contribution is 0.104. The van der Waals surface area contributed by atoms with Crippen molar-refractivity contribution in [2.75, 3.05) is 0 Å². The van der Waals surface area contributed by atoms with Gasteiger partial charge in [0.1, 0.15) is 17.5 Å². The van der Waals surface area contributed by atoms with E-state index < -0.39 is 5.82 Å². The van der Waals surface area contributed by atoms with Crippen LogP contribution in [0.2, 0.25) is 5.02 Å². The van der Waals surface area contributed by atoms with E-state index in [1.165, 1.54) is 6.07 Å². The summed E-state index contributed by atoms with van der Waals surface area (Å²) < 4.78 is 15.4. The Balaban J connectivity index is 2.05. The van der Waals surface area contributed by atoms with Crippen LogP contribution in [0.1, 0.15) is 27.3 Å². The maximum atomic E-state index is 13.5. The zero-order valence-electron chi connectivity index (χ0n) is 14.8. The molecule has 1 aromatic heterocycles. The highest BCUT2D eigenvalue weighted by atomic mass is 35.5. The van der Waals surface area contributed by atoms with Gasteiger partial charge in [-0.15, -0.1) is 0 Å². The van der Waals surface area contributed by atoms with Gasteiger partial charge in [-0.25, -0.2) is 4.39 Å². The van der Waals surface area contributed by atoms with Gasteiger partial charge < -0.3 is 4.57 Å². The van der Waals surface area contributed by atoms with Crippen molar-refractivity contribution in [2.24, 2.45) is 0 Å². The number of hydrogen-bond donors (Lipinski definition) is 0. The van der Waals surface area contributed by atoms with Gasteiger partial charge in [-0.1, -0.05) is 41.9 Å². The predicted octanol–water partition coefficient (Wildman–Crippen LogP) is 5.68. The molecule has 0 spiro atoms. The highest BCUT2D eigenvalue weighted by molar-refractivity contribution is 6.30. The molecule has 0 unspecified atom stereocenters. The molecule has 0 saturated heterocycles. The van der Waals surface area contributed by atoms with Crippen molar-refractivity contribution in [2.45, 2.75) is 13.8 Å². The third-order valence-electron chi connectivity index (χ3n) is 4.33. The molecule has 3 nitrogen and oxygen atoms in total. The summed E-state index contributed by atoms with van der Waals surface area (Å²) in [4.78, 5) is 12.6. The maximum Gasteiger partial charge on any atom is 0.203 e. The molecule has 0 saturated carbocycles. The second kappa shape index (κ2) is 7.61. The summed E-state index contributed by atoms with van der Waals surface area (Å²) in [5.41, 5.74) is 3.68. The fourth-order valence-electron chi connectivity index (χ4n) is 3.00. The van der Waals surface area contributed by atoms with Crippen LogP contribution in [0.3, 0.4) is 0 Å². The van der Waals surface area contributed by atoms with Gasteiger partial charge in [0.25, 0.3) is 0 Å². The molecule has 0 radical (unpaired) electrons. The third-order valence-corrected chi connectivity index (χ3v) is 4.62. The standard InChI is InChI=1S/C22H16ClFN2O/c1-14-10-17(11-18(13-25)22(27)16-6-4-3-5-7-16)15(2)26(14)19-8-9-21(24)20(23)12-19/h3-12H,1-2H3/b18-11+. The van der Waals surface area contributed by atoms with Crippen molar-refractivity contribution in [1.82, 2.24) is 4.57 Å². The monoisotopic (exact) mass is 378 g/mol. The molecule has 3 aromatic rings. The molecule has 5 heteroatoms. The number of ketones is 1. The Morgan fingerprint density at radius 1 is 1.15 bits per heavy atom. The van der Waals surface area contributed by atoms with Crippen molar-refractivity contribution in [1.29, 1.82) is 5.26 Å². The fourth-order valence-corrected chi connectivity index (χ4v) is 3.18. The van der Waals surface area contributed by atoms with Gasteiger partial charge in [0.15, 0.2) is 0 Å². The minimum Gasteiger partial charge on any atom is -0.318 e. The minimum atomic E-state index is -0.483. The quantitative estimate of drug-likeness (QED) is 0.333. The summed E-state index contributed by atoms with van der Waals surface area (Å²) >= 11 is 5.90. The van der Waals surface area contributed by atoms with Crippen LogP contribution >= 0.6 is 11.6 Å². The van der Waals surface area contributed by atoms with Crippen LogP contribution < -0.4 is 0 Å². The molecule has 134 valence electrons. The number of nitrogens with zero attached hydrogens (tertiary/aromatic N) is 2. The molecule has 0 aliphatic heterocycles. The Labute approximate surface area is 161 Å². The predicted molar refractivity (Wildman–Crippen MR) is 105 cm³/mol. The number of aryl methyl sites for hydroxylation is 1. The van der Waals surface area contributed by atoms with Crippen LogP contribution in [0.15, 0.2) is 60.2 Å². The van der Waals surface area contributed by atoms with Gasteiger partial charge in [-0.05, 0) is 49.8 Å². The van der Waals surface area contributed by atoms with E-state index in [4.69, 9.17) is 11.6 Å². The maximum absolute atomic E-state index is 13.5. The first-order chi connectivity index (χ1) is 12.9. The molecule has 0 aliphatic rings. The van der Waals surface area contributed by atoms with Gasteiger partial charge in [0, 0.05) is 22.6 Å². The Morgan fingerprint density at radius 2 is 1.85 bits per heavy atom. The fraction of sp³-hybridized carbons (Fsp3) is 0.0909. The molecule has 27 heavy (non-hydrogen) atoms. The summed E-state index contributed by atoms with van der Waals surface area (Å²) in [6.07, 6.45) is 1.58. The van der Waals surface area contributed by atoms with Gasteiger partial charge in [0.2, 0.25) is 5.78 Å². The van der Waals surface area contributed by atoms with Crippen LogP contribution in [0.25, 0.3) is 11.8 Å². The average Bonchev–Trinajstić information content (AvgIpc) is 2.95. The van der Waals surface area contributed by atoms with Gasteiger partial charge in [-0.2, -0.15) is 5.26 Å². The molecule has 2 aromatic carbocycles. The van der Waals surface area contributed by atoms with E-state index in [0.29, 0.717) is 11.3 Å². The largest absolute Gasteiger partial charge is 0.318 e. The lowest BCUT2D eigenvalue weighted by atomic mass is 10.0. The van der Waals surface area contributed by atoms with Gasteiger partial charge in [0.05, 0.1) is 5.02 Å². The molecule has 3 rings (SSSR count). The van der Waals surface area contributed by atoms with Crippen LogP contribution in [0, 0.1) is 31.0 Å². The summed E-state index contributed by atoms with van der Waals surface area (Å²) in [5.74, 6) is -0.809. The molecular formula is C22H16ClFN2O. The summed E-state index contributed by atoms with van der Waals surface area (Å²) in [5, 5.41) is 9.50. The number of aromatic nitrogens is 1. The molecule has 0 atom stereocenters. The number of rotatable bonds is 4. The molecule has 1 heterocycles. The summed E-state index contributed by atoms with van der Waals surface area (Å²) in [6, 6.07) is 17.0. The van der Waals surface area contributed by atoms with Crippen LogP contribution in [-0.2, 0) is 0 Å². The lowest BCUT2D eigenvalue weighted by Crippen LogP contribution is -2.02. The molecule has 0 aliphatic carbocycles. The molecular weight excluding hydrogens is 363 g/mol. The highest BCUT2D eigenvalue weighted by Crippen LogP contribution is 2.26. The first-order valence-corrected chi connectivity index (χ1v) is 8.66. The molecule has 0 bridgehead atoms. The van der Waals surface area contributed by atoms with Crippen molar-refractivity contribution < 1.29 is 9.18 Å². The van der Waals surface area contributed by atoms with E-state index in [-0.39, 0.29) is 16.4 Å². The number of Topliss-reactive ketones (excluding diaryl/α,β-unsaturated/α-hetero) is 1. The number of hydrogen-bond acceptors (Lipinski definition) is 2. The Bertz CT molecular complexity index is 1090. The second-order valence-electron chi connectivity index (χ2n) is 6.13. The minimum absolute atomic E-state index is 0.0362. The second-order valence-corrected chi connectivity index (χ2v) is 6.53. The zero-order chi connectivity index (χ0) is 19.6. The first kappa shape index (κ1) is 18.6. The Hall–Kier alpha value is -3.16. The Morgan fingerprint density at radius 3 is 2.48 bits per heavy atom. The number of benzene rings is 2. The number of carbonyl (C=O) groups excluding carboxylic acids is 1. The number of allylic oxidation sites excluding steroid dienone is 1. The zero-order valence-corrected chi connectivity index (χ0v) is 15.6. The third kappa shape index (κ3) is 3.69. The molecule has 0 fully saturated rings. The normalized spacial score (nSPS) is 11.3. The smallest absolute Gasteiger partial charge is 0.203 e. The van der Waals surface area contributed by atoms with E-state index in [0.717, 1.165) is 17.0 Å². The van der Waals surface area contributed by atoms with E-state index in [1.54, 1.807) is 42.5 Å². The first-order valence-electron chi connectivity index (χ1n) is 8.28. The molecule has 0 N–H and O–H groups in total. The van der Waals surface area contributed by atoms with Crippen LogP contribution in [0.4, 0.5) is 4.39 Å². The van der Waals surface area contributed by atoms with Crippen molar-refractivity contribution >= 4 is 23.5 Å². The van der Waals surface area contributed by atoms with Crippen LogP contribution in [0.5, 0.6) is 0 Å². The van der Waals surface area contributed by atoms with Crippen molar-refractivity contribution in [3.8, 4) is 11.8 Å². The Kier molecular flexibility index (Phi) is 5.25. The SMILES string of the molecule is Cc1cc(/C=C(\C#N)C(=O)c2ccccc2)c(C)n1-c1ccc(F)c(Cl)c1. The van der Waals surface area contributed by atoms with Gasteiger partial charge >= 0.3 is 0 Å². The van der Waals surface area contributed by atoms with E-state index in [1.807, 2.05) is 36.6 Å². The number of carbonyl (C=O) groups is 1.